The fourth-order valence-electron chi connectivity index (χ4n) is 4.88. The number of ketones is 1. The molecule has 0 saturated heterocycles. The molecular formula is C36H34N2O6. The number of hydrogen-bond donors (Lipinski definition) is 2. The highest BCUT2D eigenvalue weighted by atomic mass is 16.5. The van der Waals surface area contributed by atoms with Crippen molar-refractivity contribution in [3.63, 3.8) is 0 Å². The Morgan fingerprint density at radius 2 is 1.66 bits per heavy atom. The first kappa shape index (κ1) is 30.3. The number of aliphatic hydroxyl groups excluding tert-OH is 1. The van der Waals surface area contributed by atoms with E-state index in [1.807, 2.05) is 61.5 Å². The van der Waals surface area contributed by atoms with Gasteiger partial charge < -0.3 is 24.3 Å². The van der Waals surface area contributed by atoms with Crippen LogP contribution in [0.2, 0.25) is 0 Å². The van der Waals surface area contributed by atoms with E-state index in [-0.39, 0.29) is 12.4 Å². The Kier molecular flexibility index (Phi) is 9.84. The van der Waals surface area contributed by atoms with E-state index in [0.717, 1.165) is 22.6 Å². The van der Waals surface area contributed by atoms with E-state index < -0.39 is 12.0 Å². The van der Waals surface area contributed by atoms with Crippen molar-refractivity contribution >= 4 is 17.4 Å². The number of carbonyl (C=O) groups is 2. The molecule has 8 heteroatoms. The zero-order chi connectivity index (χ0) is 30.9. The highest BCUT2D eigenvalue weighted by Gasteiger charge is 2.23. The molecule has 0 fully saturated rings. The molecule has 0 amide bonds. The second kappa shape index (κ2) is 14.3. The largest absolute Gasteiger partial charge is 0.493 e. The number of esters is 1. The van der Waals surface area contributed by atoms with Gasteiger partial charge in [0.1, 0.15) is 17.6 Å². The molecule has 1 atom stereocenters. The highest BCUT2D eigenvalue weighted by molar-refractivity contribution is 6.12. The molecule has 5 rings (SSSR count). The minimum atomic E-state index is -0.738. The third-order valence-corrected chi connectivity index (χ3v) is 7.24. The van der Waals surface area contributed by atoms with Gasteiger partial charge in [0.15, 0.2) is 5.78 Å². The molecule has 8 nitrogen and oxygen atoms in total. The fraction of sp³-hybridized carbons (Fsp3) is 0.194. The van der Waals surface area contributed by atoms with Crippen LogP contribution in [0.1, 0.15) is 38.5 Å². The Balaban J connectivity index is 1.22. The van der Waals surface area contributed by atoms with Crippen LogP contribution in [0, 0.1) is 6.92 Å². The van der Waals surface area contributed by atoms with Gasteiger partial charge in [-0.05, 0) is 60.5 Å². The molecule has 0 aliphatic carbocycles. The molecule has 1 heterocycles. The average Bonchev–Trinajstić information content (AvgIpc) is 3.45. The lowest BCUT2D eigenvalue weighted by atomic mass is 9.99. The van der Waals surface area contributed by atoms with Crippen LogP contribution < -0.4 is 10.1 Å². The van der Waals surface area contributed by atoms with E-state index in [0.29, 0.717) is 53.5 Å². The summed E-state index contributed by atoms with van der Waals surface area (Å²) >= 11 is 0. The number of rotatable bonds is 13. The van der Waals surface area contributed by atoms with Crippen molar-refractivity contribution in [3.8, 4) is 17.2 Å². The molecule has 44 heavy (non-hydrogen) atoms. The number of aliphatic hydroxyl groups is 1. The first-order valence-electron chi connectivity index (χ1n) is 14.4. The zero-order valence-electron chi connectivity index (χ0n) is 24.7. The minimum Gasteiger partial charge on any atom is -0.493 e. The average molecular weight is 591 g/mol. The second-order valence-corrected chi connectivity index (χ2v) is 10.3. The van der Waals surface area contributed by atoms with Gasteiger partial charge in [-0.1, -0.05) is 60.7 Å². The summed E-state index contributed by atoms with van der Waals surface area (Å²) in [5.41, 5.74) is 4.70. The number of nitrogens with one attached hydrogen (secondary N) is 1. The van der Waals surface area contributed by atoms with Crippen LogP contribution >= 0.6 is 0 Å². The summed E-state index contributed by atoms with van der Waals surface area (Å²) in [6.45, 7) is 2.17. The van der Waals surface area contributed by atoms with Gasteiger partial charge >= 0.3 is 5.97 Å². The summed E-state index contributed by atoms with van der Waals surface area (Å²) in [5, 5.41) is 12.7. The smallest absolute Gasteiger partial charge is 0.328 e. The summed E-state index contributed by atoms with van der Waals surface area (Å²) in [4.78, 5) is 30.8. The van der Waals surface area contributed by atoms with Gasteiger partial charge in [0.2, 0.25) is 5.89 Å². The number of benzene rings is 4. The van der Waals surface area contributed by atoms with Crippen molar-refractivity contribution in [2.75, 3.05) is 19.0 Å². The second-order valence-electron chi connectivity index (χ2n) is 10.3. The Morgan fingerprint density at radius 3 is 2.41 bits per heavy atom. The number of anilines is 1. The maximum atomic E-state index is 13.4. The quantitative estimate of drug-likeness (QED) is 0.123. The van der Waals surface area contributed by atoms with Crippen LogP contribution in [0.4, 0.5) is 5.69 Å². The number of nitrogens with zero attached hydrogens (tertiary/aromatic N) is 1. The predicted octanol–water partition coefficient (Wildman–Crippen LogP) is 6.19. The van der Waals surface area contributed by atoms with Crippen molar-refractivity contribution in [1.82, 2.24) is 4.98 Å². The molecule has 0 spiro atoms. The van der Waals surface area contributed by atoms with Crippen LogP contribution in [0.15, 0.2) is 108 Å². The number of oxazole rings is 1. The summed E-state index contributed by atoms with van der Waals surface area (Å²) in [6, 6.07) is 30.5. The third-order valence-electron chi connectivity index (χ3n) is 7.24. The maximum Gasteiger partial charge on any atom is 0.328 e. The minimum absolute atomic E-state index is 0.161. The van der Waals surface area contributed by atoms with E-state index in [4.69, 9.17) is 13.9 Å². The number of aromatic nitrogens is 1. The number of methoxy groups -OCH3 is 1. The number of carbonyl (C=O) groups excluding carboxylic acids is 2. The molecule has 2 N–H and O–H groups in total. The first-order chi connectivity index (χ1) is 21.4. The summed E-state index contributed by atoms with van der Waals surface area (Å²) in [5.74, 6) is 1.39. The molecule has 0 bridgehead atoms. The van der Waals surface area contributed by atoms with Crippen LogP contribution in [0.3, 0.4) is 0 Å². The number of aryl methyl sites for hydroxylation is 1. The molecule has 0 radical (unpaired) electrons. The van der Waals surface area contributed by atoms with Crippen LogP contribution in [0.25, 0.3) is 11.5 Å². The Hall–Kier alpha value is -5.21. The molecule has 1 unspecified atom stereocenters. The number of ether oxygens (including phenoxy) is 2. The van der Waals surface area contributed by atoms with Gasteiger partial charge in [-0.2, -0.15) is 0 Å². The molecule has 1 aromatic heterocycles. The van der Waals surface area contributed by atoms with E-state index >= 15 is 0 Å². The van der Waals surface area contributed by atoms with E-state index in [1.165, 1.54) is 7.11 Å². The van der Waals surface area contributed by atoms with Gasteiger partial charge in [0.05, 0.1) is 26.0 Å². The molecule has 224 valence electrons. The fourth-order valence-corrected chi connectivity index (χ4v) is 4.88. The summed E-state index contributed by atoms with van der Waals surface area (Å²) in [7, 11) is 1.34. The Labute approximate surface area is 256 Å². The van der Waals surface area contributed by atoms with Crippen molar-refractivity contribution in [2.45, 2.75) is 32.4 Å². The van der Waals surface area contributed by atoms with E-state index in [9.17, 15) is 14.7 Å². The number of hydrogen-bond acceptors (Lipinski definition) is 8. The van der Waals surface area contributed by atoms with Crippen molar-refractivity contribution in [2.24, 2.45) is 0 Å². The third kappa shape index (κ3) is 7.40. The molecule has 0 saturated carbocycles. The first-order valence-corrected chi connectivity index (χ1v) is 14.4. The summed E-state index contributed by atoms with van der Waals surface area (Å²) in [6.07, 6.45) is 0.927. The molecule has 0 aliphatic heterocycles. The molecule has 4 aromatic carbocycles. The lowest BCUT2D eigenvalue weighted by Crippen LogP contribution is -2.33. The number of para-hydroxylation sites is 1. The maximum absolute atomic E-state index is 13.4. The van der Waals surface area contributed by atoms with Gasteiger partial charge in [-0.15, -0.1) is 0 Å². The molecule has 5 aromatic rings. The van der Waals surface area contributed by atoms with Gasteiger partial charge in [-0.3, -0.25) is 4.79 Å². The SMILES string of the molecule is COC(=O)C(Cc1ccc(OCCc2nc(-c3ccccc3)oc2C)cc1)Nc1ccccc1C(=O)c1cccc(CO)c1. The normalized spacial score (nSPS) is 11.5. The lowest BCUT2D eigenvalue weighted by Gasteiger charge is -2.20. The van der Waals surface area contributed by atoms with E-state index in [1.54, 1.807) is 48.5 Å². The summed E-state index contributed by atoms with van der Waals surface area (Å²) < 4.78 is 16.9. The van der Waals surface area contributed by atoms with Gasteiger partial charge in [0.25, 0.3) is 0 Å². The topological polar surface area (TPSA) is 111 Å². The molecular weight excluding hydrogens is 556 g/mol. The van der Waals surface area contributed by atoms with Crippen molar-refractivity contribution < 1.29 is 28.6 Å². The Morgan fingerprint density at radius 1 is 0.909 bits per heavy atom. The van der Waals surface area contributed by atoms with Gasteiger partial charge in [-0.25, -0.2) is 9.78 Å². The predicted molar refractivity (Wildman–Crippen MR) is 168 cm³/mol. The van der Waals surface area contributed by atoms with Crippen LogP contribution in [-0.2, 0) is 29.0 Å². The van der Waals surface area contributed by atoms with Crippen molar-refractivity contribution in [3.05, 3.63) is 137 Å². The monoisotopic (exact) mass is 590 g/mol. The molecule has 0 aliphatic rings. The zero-order valence-corrected chi connectivity index (χ0v) is 24.7. The van der Waals surface area contributed by atoms with Crippen LogP contribution in [-0.4, -0.2) is 41.6 Å². The van der Waals surface area contributed by atoms with Gasteiger partial charge in [0, 0.05) is 35.2 Å². The van der Waals surface area contributed by atoms with E-state index in [2.05, 4.69) is 10.3 Å². The van der Waals surface area contributed by atoms with Crippen molar-refractivity contribution in [1.29, 1.82) is 0 Å². The lowest BCUT2D eigenvalue weighted by molar-refractivity contribution is -0.141. The Bertz CT molecular complexity index is 1710. The van der Waals surface area contributed by atoms with Crippen LogP contribution in [0.5, 0.6) is 5.75 Å². The highest BCUT2D eigenvalue weighted by Crippen LogP contribution is 2.24. The standard InChI is InChI=1S/C36H34N2O6/c1-24-31(38-35(44-24)27-10-4-3-5-11-27)19-20-43-29-17-15-25(16-18-29)22-33(36(41)42-2)37-32-14-7-6-13-30(32)34(40)28-12-8-9-26(21-28)23-39/h3-18,21,33,37,39H,19-20,22-23H2,1-2H3.